The molecule has 0 aliphatic carbocycles. The van der Waals surface area contributed by atoms with Crippen LogP contribution in [0, 0.1) is 12.8 Å². The van der Waals surface area contributed by atoms with Crippen LogP contribution in [0.1, 0.15) is 45.1 Å². The lowest BCUT2D eigenvalue weighted by molar-refractivity contribution is 0.0601. The van der Waals surface area contributed by atoms with Crippen LogP contribution in [0.4, 0.5) is 5.00 Å². The summed E-state index contributed by atoms with van der Waals surface area (Å²) < 4.78 is 4.86. The Morgan fingerprint density at radius 3 is 2.64 bits per heavy atom. The van der Waals surface area contributed by atoms with Crippen LogP contribution in [0.3, 0.4) is 0 Å². The second-order valence-electron chi connectivity index (χ2n) is 5.28. The predicted octanol–water partition coefficient (Wildman–Crippen LogP) is 3.75. The average Bonchev–Trinajstić information content (AvgIpc) is 3.04. The van der Waals surface area contributed by atoms with Crippen LogP contribution in [-0.2, 0) is 11.2 Å². The minimum atomic E-state index is -0.423. The SMILES string of the molecule is COC(=O)c1c(CC(C)C)csc1NC(=O)c1scnc1C. The second-order valence-corrected chi connectivity index (χ2v) is 7.01. The molecule has 0 spiro atoms. The third kappa shape index (κ3) is 3.53. The number of thiophene rings is 1. The Kier molecular flexibility index (Phi) is 5.31. The smallest absolute Gasteiger partial charge is 0.341 e. The van der Waals surface area contributed by atoms with E-state index in [4.69, 9.17) is 4.74 Å². The number of aryl methyl sites for hydroxylation is 1. The van der Waals surface area contributed by atoms with Crippen molar-refractivity contribution in [2.45, 2.75) is 27.2 Å². The fraction of sp³-hybridized carbons (Fsp3) is 0.400. The second kappa shape index (κ2) is 7.02. The first kappa shape index (κ1) is 16.6. The molecule has 7 heteroatoms. The molecular formula is C15H18N2O3S2. The van der Waals surface area contributed by atoms with Gasteiger partial charge in [0.1, 0.15) is 9.88 Å². The Labute approximate surface area is 137 Å². The Balaban J connectivity index is 2.31. The fourth-order valence-electron chi connectivity index (χ4n) is 2.08. The predicted molar refractivity (Wildman–Crippen MR) is 89.0 cm³/mol. The number of hydrogen-bond donors (Lipinski definition) is 1. The topological polar surface area (TPSA) is 68.3 Å². The van der Waals surface area contributed by atoms with E-state index in [0.29, 0.717) is 27.1 Å². The standard InChI is InChI=1S/C15H18N2O3S2/c1-8(2)5-10-6-21-14(11(10)15(19)20-4)17-13(18)12-9(3)16-7-22-12/h6-8H,5H2,1-4H3,(H,17,18). The summed E-state index contributed by atoms with van der Waals surface area (Å²) in [5.41, 5.74) is 3.67. The molecule has 0 aromatic carbocycles. The molecule has 0 atom stereocenters. The Morgan fingerprint density at radius 2 is 2.09 bits per heavy atom. The molecule has 0 fully saturated rings. The molecule has 0 radical (unpaired) electrons. The minimum Gasteiger partial charge on any atom is -0.465 e. The summed E-state index contributed by atoms with van der Waals surface area (Å²) in [6, 6.07) is 0. The summed E-state index contributed by atoms with van der Waals surface area (Å²) in [7, 11) is 1.35. The molecular weight excluding hydrogens is 320 g/mol. The van der Waals surface area contributed by atoms with Crippen molar-refractivity contribution in [2.24, 2.45) is 5.92 Å². The van der Waals surface area contributed by atoms with Gasteiger partial charge in [0.2, 0.25) is 0 Å². The summed E-state index contributed by atoms with van der Waals surface area (Å²) in [5, 5.41) is 5.24. The molecule has 0 bridgehead atoms. The number of carbonyl (C=O) groups is 2. The third-order valence-electron chi connectivity index (χ3n) is 3.06. The van der Waals surface area contributed by atoms with Gasteiger partial charge in [-0.05, 0) is 30.2 Å². The number of carbonyl (C=O) groups excluding carboxylic acids is 2. The number of rotatable bonds is 5. The maximum atomic E-state index is 12.3. The zero-order valence-corrected chi connectivity index (χ0v) is 14.6. The lowest BCUT2D eigenvalue weighted by atomic mass is 10.0. The van der Waals surface area contributed by atoms with Gasteiger partial charge in [0, 0.05) is 0 Å². The van der Waals surface area contributed by atoms with Crippen LogP contribution in [-0.4, -0.2) is 24.0 Å². The number of methoxy groups -OCH3 is 1. The van der Waals surface area contributed by atoms with Gasteiger partial charge in [0.25, 0.3) is 5.91 Å². The molecule has 22 heavy (non-hydrogen) atoms. The van der Waals surface area contributed by atoms with E-state index in [2.05, 4.69) is 24.1 Å². The Morgan fingerprint density at radius 1 is 1.36 bits per heavy atom. The fourth-order valence-corrected chi connectivity index (χ4v) is 3.74. The molecule has 0 aliphatic rings. The number of hydrogen-bond acceptors (Lipinski definition) is 6. The highest BCUT2D eigenvalue weighted by Gasteiger charge is 2.23. The summed E-state index contributed by atoms with van der Waals surface area (Å²) in [6.45, 7) is 5.95. The lowest BCUT2D eigenvalue weighted by Gasteiger charge is -2.08. The molecule has 0 unspecified atom stereocenters. The number of amides is 1. The van der Waals surface area contributed by atoms with Crippen molar-refractivity contribution in [1.29, 1.82) is 0 Å². The van der Waals surface area contributed by atoms with Gasteiger partial charge in [-0.3, -0.25) is 4.79 Å². The summed E-state index contributed by atoms with van der Waals surface area (Å²) in [6.07, 6.45) is 0.760. The van der Waals surface area contributed by atoms with Crippen LogP contribution >= 0.6 is 22.7 Å². The monoisotopic (exact) mass is 338 g/mol. The van der Waals surface area contributed by atoms with E-state index in [9.17, 15) is 9.59 Å². The number of anilines is 1. The number of aromatic nitrogens is 1. The maximum Gasteiger partial charge on any atom is 0.341 e. The summed E-state index contributed by atoms with van der Waals surface area (Å²) in [4.78, 5) is 29.0. The highest BCUT2D eigenvalue weighted by molar-refractivity contribution is 7.15. The van der Waals surface area contributed by atoms with E-state index in [1.165, 1.54) is 29.8 Å². The van der Waals surface area contributed by atoms with Crippen molar-refractivity contribution >= 4 is 39.6 Å². The highest BCUT2D eigenvalue weighted by Crippen LogP contribution is 2.31. The first-order valence-corrected chi connectivity index (χ1v) is 8.60. The van der Waals surface area contributed by atoms with E-state index in [-0.39, 0.29) is 5.91 Å². The molecule has 0 saturated carbocycles. The van der Waals surface area contributed by atoms with Crippen LogP contribution in [0.25, 0.3) is 0 Å². The molecule has 5 nitrogen and oxygen atoms in total. The van der Waals surface area contributed by atoms with Crippen molar-refractivity contribution < 1.29 is 14.3 Å². The Bertz CT molecular complexity index is 689. The molecule has 2 aromatic heterocycles. The van der Waals surface area contributed by atoms with E-state index >= 15 is 0 Å². The minimum absolute atomic E-state index is 0.247. The van der Waals surface area contributed by atoms with Crippen molar-refractivity contribution in [3.05, 3.63) is 32.6 Å². The molecule has 0 aliphatic heterocycles. The normalized spacial score (nSPS) is 10.8. The van der Waals surface area contributed by atoms with Gasteiger partial charge in [-0.25, -0.2) is 9.78 Å². The quantitative estimate of drug-likeness (QED) is 0.843. The van der Waals surface area contributed by atoms with Gasteiger partial charge in [-0.2, -0.15) is 0 Å². The third-order valence-corrected chi connectivity index (χ3v) is 4.94. The maximum absolute atomic E-state index is 12.3. The summed E-state index contributed by atoms with van der Waals surface area (Å²) >= 11 is 2.62. The molecule has 0 saturated heterocycles. The van der Waals surface area contributed by atoms with Crippen molar-refractivity contribution in [3.63, 3.8) is 0 Å². The van der Waals surface area contributed by atoms with Gasteiger partial charge in [0.15, 0.2) is 0 Å². The number of ether oxygens (including phenoxy) is 1. The average molecular weight is 338 g/mol. The Hall–Kier alpha value is -1.73. The largest absolute Gasteiger partial charge is 0.465 e. The molecule has 118 valence electrons. The van der Waals surface area contributed by atoms with Crippen LogP contribution in [0.5, 0.6) is 0 Å². The van der Waals surface area contributed by atoms with Gasteiger partial charge in [-0.1, -0.05) is 13.8 Å². The van der Waals surface area contributed by atoms with E-state index in [1.54, 1.807) is 12.4 Å². The zero-order chi connectivity index (χ0) is 16.3. The van der Waals surface area contributed by atoms with Crippen molar-refractivity contribution in [2.75, 3.05) is 12.4 Å². The molecule has 2 aromatic rings. The van der Waals surface area contributed by atoms with E-state index in [0.717, 1.165) is 12.0 Å². The molecule has 1 N–H and O–H groups in total. The highest BCUT2D eigenvalue weighted by atomic mass is 32.1. The van der Waals surface area contributed by atoms with Gasteiger partial charge in [-0.15, -0.1) is 22.7 Å². The van der Waals surface area contributed by atoms with Crippen LogP contribution < -0.4 is 5.32 Å². The first-order chi connectivity index (χ1) is 10.4. The lowest BCUT2D eigenvalue weighted by Crippen LogP contribution is -2.14. The van der Waals surface area contributed by atoms with E-state index < -0.39 is 5.97 Å². The molecule has 1 amide bonds. The zero-order valence-electron chi connectivity index (χ0n) is 12.9. The van der Waals surface area contributed by atoms with Crippen molar-refractivity contribution in [1.82, 2.24) is 4.98 Å². The number of nitrogens with one attached hydrogen (secondary N) is 1. The number of thiazole rings is 1. The van der Waals surface area contributed by atoms with Gasteiger partial charge < -0.3 is 10.1 Å². The van der Waals surface area contributed by atoms with E-state index in [1.807, 2.05) is 5.38 Å². The van der Waals surface area contributed by atoms with Crippen LogP contribution in [0.15, 0.2) is 10.9 Å². The first-order valence-electron chi connectivity index (χ1n) is 6.84. The number of nitrogens with zero attached hydrogens (tertiary/aromatic N) is 1. The number of esters is 1. The summed E-state index contributed by atoms with van der Waals surface area (Å²) in [5.74, 6) is -0.262. The van der Waals surface area contributed by atoms with Crippen molar-refractivity contribution in [3.8, 4) is 0 Å². The molecule has 2 rings (SSSR count). The van der Waals surface area contributed by atoms with Gasteiger partial charge >= 0.3 is 5.97 Å². The molecule has 2 heterocycles. The van der Waals surface area contributed by atoms with Gasteiger partial charge in [0.05, 0.1) is 23.9 Å². The van der Waals surface area contributed by atoms with Crippen LogP contribution in [0.2, 0.25) is 0 Å².